The number of nitrogens with zero attached hydrogens (tertiary/aromatic N) is 1. The van der Waals surface area contributed by atoms with Gasteiger partial charge in [0.05, 0.1) is 25.3 Å². The molecule has 1 aromatic heterocycles. The van der Waals surface area contributed by atoms with E-state index >= 15 is 0 Å². The predicted octanol–water partition coefficient (Wildman–Crippen LogP) is 2.28. The molecule has 5 heteroatoms. The lowest BCUT2D eigenvalue weighted by atomic mass is 10.1. The molecule has 0 saturated carbocycles. The highest BCUT2D eigenvalue weighted by Gasteiger charge is 2.18. The summed E-state index contributed by atoms with van der Waals surface area (Å²) in [5.74, 6) is 0.685. The van der Waals surface area contributed by atoms with Gasteiger partial charge in [0.1, 0.15) is 5.75 Å². The van der Waals surface area contributed by atoms with Crippen LogP contribution in [0.25, 0.3) is 11.1 Å². The molecule has 0 radical (unpaired) electrons. The molecule has 22 heavy (non-hydrogen) atoms. The van der Waals surface area contributed by atoms with Crippen molar-refractivity contribution in [2.24, 2.45) is 0 Å². The van der Waals surface area contributed by atoms with Gasteiger partial charge >= 0.3 is 0 Å². The number of nitrogens with one attached hydrogen (secondary N) is 1. The van der Waals surface area contributed by atoms with E-state index in [0.29, 0.717) is 18.8 Å². The Labute approximate surface area is 129 Å². The Kier molecular flexibility index (Phi) is 4.34. The number of rotatable bonds is 4. The Bertz CT molecular complexity index is 649. The van der Waals surface area contributed by atoms with E-state index in [1.54, 1.807) is 19.5 Å². The Morgan fingerprint density at radius 3 is 2.77 bits per heavy atom. The largest absolute Gasteiger partial charge is 0.497 e. The van der Waals surface area contributed by atoms with Gasteiger partial charge in [0, 0.05) is 24.6 Å². The summed E-state index contributed by atoms with van der Waals surface area (Å²) in [5, 5.41) is 2.97. The van der Waals surface area contributed by atoms with Crippen LogP contribution in [0.1, 0.15) is 16.8 Å². The number of benzene rings is 1. The molecule has 1 aliphatic heterocycles. The highest BCUT2D eigenvalue weighted by atomic mass is 16.5. The van der Waals surface area contributed by atoms with E-state index in [2.05, 4.69) is 10.3 Å². The number of ether oxygens (including phenoxy) is 2. The van der Waals surface area contributed by atoms with Gasteiger partial charge in [-0.05, 0) is 30.2 Å². The Hall–Kier alpha value is -2.40. The van der Waals surface area contributed by atoms with Gasteiger partial charge in [-0.2, -0.15) is 0 Å². The zero-order chi connectivity index (χ0) is 15.4. The molecule has 2 heterocycles. The summed E-state index contributed by atoms with van der Waals surface area (Å²) in [4.78, 5) is 16.4. The third-order valence-corrected chi connectivity index (χ3v) is 3.69. The second-order valence-electron chi connectivity index (χ2n) is 5.22. The van der Waals surface area contributed by atoms with Gasteiger partial charge in [0.2, 0.25) is 0 Å². The molecule has 1 N–H and O–H groups in total. The first kappa shape index (κ1) is 14.5. The van der Waals surface area contributed by atoms with Crippen molar-refractivity contribution in [2.45, 2.75) is 12.5 Å². The van der Waals surface area contributed by atoms with Gasteiger partial charge in [-0.3, -0.25) is 9.78 Å². The maximum atomic E-state index is 12.3. The fourth-order valence-corrected chi connectivity index (χ4v) is 2.42. The molecule has 114 valence electrons. The standard InChI is InChI=1S/C17H18N2O3/c1-21-16-4-2-12(3-5-16)13-8-14(10-18-9-13)17(20)19-15-6-7-22-11-15/h2-5,8-10,15H,6-7,11H2,1H3,(H,19,20)/t15-/m1/s1. The molecule has 1 fully saturated rings. The molecule has 1 atom stereocenters. The minimum atomic E-state index is -0.113. The van der Waals surface area contributed by atoms with Crippen molar-refractivity contribution in [2.75, 3.05) is 20.3 Å². The summed E-state index contributed by atoms with van der Waals surface area (Å²) < 4.78 is 10.4. The molecule has 0 spiro atoms. The minimum Gasteiger partial charge on any atom is -0.497 e. The van der Waals surface area contributed by atoms with E-state index in [0.717, 1.165) is 23.3 Å². The molecule has 3 rings (SSSR count). The van der Waals surface area contributed by atoms with Crippen molar-refractivity contribution < 1.29 is 14.3 Å². The number of methoxy groups -OCH3 is 1. The summed E-state index contributed by atoms with van der Waals surface area (Å²) >= 11 is 0. The number of hydrogen-bond acceptors (Lipinski definition) is 4. The maximum absolute atomic E-state index is 12.3. The Morgan fingerprint density at radius 1 is 1.27 bits per heavy atom. The quantitative estimate of drug-likeness (QED) is 0.940. The second-order valence-corrected chi connectivity index (χ2v) is 5.22. The smallest absolute Gasteiger partial charge is 0.253 e. The van der Waals surface area contributed by atoms with Crippen molar-refractivity contribution in [3.63, 3.8) is 0 Å². The molecule has 1 aliphatic rings. The van der Waals surface area contributed by atoms with Crippen LogP contribution in [0.15, 0.2) is 42.7 Å². The van der Waals surface area contributed by atoms with Crippen LogP contribution in [0.2, 0.25) is 0 Å². The van der Waals surface area contributed by atoms with Crippen molar-refractivity contribution in [1.29, 1.82) is 0 Å². The summed E-state index contributed by atoms with van der Waals surface area (Å²) in [5.41, 5.74) is 2.45. The molecular formula is C17H18N2O3. The minimum absolute atomic E-state index is 0.0946. The first-order valence-corrected chi connectivity index (χ1v) is 7.24. The number of carbonyl (C=O) groups excluding carboxylic acids is 1. The maximum Gasteiger partial charge on any atom is 0.253 e. The van der Waals surface area contributed by atoms with Crippen molar-refractivity contribution in [3.05, 3.63) is 48.3 Å². The van der Waals surface area contributed by atoms with Crippen LogP contribution in [0.3, 0.4) is 0 Å². The molecule has 2 aromatic rings. The van der Waals surface area contributed by atoms with E-state index in [9.17, 15) is 4.79 Å². The molecule has 0 bridgehead atoms. The summed E-state index contributed by atoms with van der Waals surface area (Å²) in [6, 6.07) is 9.61. The van der Waals surface area contributed by atoms with Crippen LogP contribution in [-0.2, 0) is 4.74 Å². The van der Waals surface area contributed by atoms with Gasteiger partial charge in [-0.1, -0.05) is 12.1 Å². The Balaban J connectivity index is 1.77. The molecule has 1 amide bonds. The number of aromatic nitrogens is 1. The van der Waals surface area contributed by atoms with Gasteiger partial charge in [0.25, 0.3) is 5.91 Å². The predicted molar refractivity (Wildman–Crippen MR) is 82.9 cm³/mol. The number of pyridine rings is 1. The lowest BCUT2D eigenvalue weighted by Gasteiger charge is -2.11. The lowest BCUT2D eigenvalue weighted by molar-refractivity contribution is 0.0929. The second kappa shape index (κ2) is 6.58. The fraction of sp³-hybridized carbons (Fsp3) is 0.294. The molecule has 1 aromatic carbocycles. The van der Waals surface area contributed by atoms with E-state index < -0.39 is 0 Å². The van der Waals surface area contributed by atoms with Crippen LogP contribution in [0, 0.1) is 0 Å². The first-order valence-electron chi connectivity index (χ1n) is 7.24. The summed E-state index contributed by atoms with van der Waals surface area (Å²) in [6.07, 6.45) is 4.19. The van der Waals surface area contributed by atoms with Crippen LogP contribution in [0.4, 0.5) is 0 Å². The van der Waals surface area contributed by atoms with Crippen LogP contribution < -0.4 is 10.1 Å². The number of hydrogen-bond donors (Lipinski definition) is 1. The highest BCUT2D eigenvalue weighted by molar-refractivity contribution is 5.95. The van der Waals surface area contributed by atoms with E-state index in [4.69, 9.17) is 9.47 Å². The van der Waals surface area contributed by atoms with E-state index in [1.165, 1.54) is 0 Å². The highest BCUT2D eigenvalue weighted by Crippen LogP contribution is 2.22. The third kappa shape index (κ3) is 3.26. The van der Waals surface area contributed by atoms with E-state index in [1.807, 2.05) is 30.3 Å². The molecule has 0 unspecified atom stereocenters. The molecular weight excluding hydrogens is 280 g/mol. The number of amides is 1. The SMILES string of the molecule is COc1ccc(-c2cncc(C(=O)N[C@@H]3CCOC3)c2)cc1. The zero-order valence-corrected chi connectivity index (χ0v) is 12.4. The van der Waals surface area contributed by atoms with Crippen LogP contribution >= 0.6 is 0 Å². The van der Waals surface area contributed by atoms with Gasteiger partial charge in [-0.25, -0.2) is 0 Å². The van der Waals surface area contributed by atoms with Crippen LogP contribution in [0.5, 0.6) is 5.75 Å². The first-order chi connectivity index (χ1) is 10.8. The van der Waals surface area contributed by atoms with Gasteiger partial charge in [0.15, 0.2) is 0 Å². The van der Waals surface area contributed by atoms with Crippen LogP contribution in [-0.4, -0.2) is 37.3 Å². The molecule has 1 saturated heterocycles. The Morgan fingerprint density at radius 2 is 2.09 bits per heavy atom. The monoisotopic (exact) mass is 298 g/mol. The molecule has 0 aliphatic carbocycles. The normalized spacial score (nSPS) is 17.2. The van der Waals surface area contributed by atoms with Crippen molar-refractivity contribution >= 4 is 5.91 Å². The van der Waals surface area contributed by atoms with Gasteiger partial charge in [-0.15, -0.1) is 0 Å². The van der Waals surface area contributed by atoms with Gasteiger partial charge < -0.3 is 14.8 Å². The topological polar surface area (TPSA) is 60.5 Å². The average molecular weight is 298 g/mol. The zero-order valence-electron chi connectivity index (χ0n) is 12.4. The lowest BCUT2D eigenvalue weighted by Crippen LogP contribution is -2.35. The third-order valence-electron chi connectivity index (χ3n) is 3.69. The number of carbonyl (C=O) groups is 1. The van der Waals surface area contributed by atoms with Crippen molar-refractivity contribution in [1.82, 2.24) is 10.3 Å². The summed E-state index contributed by atoms with van der Waals surface area (Å²) in [6.45, 7) is 1.28. The summed E-state index contributed by atoms with van der Waals surface area (Å²) in [7, 11) is 1.63. The average Bonchev–Trinajstić information content (AvgIpc) is 3.08. The fourth-order valence-electron chi connectivity index (χ4n) is 2.42. The molecule has 5 nitrogen and oxygen atoms in total. The van der Waals surface area contributed by atoms with Crippen molar-refractivity contribution in [3.8, 4) is 16.9 Å². The van der Waals surface area contributed by atoms with E-state index in [-0.39, 0.29) is 11.9 Å².